The first-order valence-electron chi connectivity index (χ1n) is 11.5. The van der Waals surface area contributed by atoms with Crippen LogP contribution in [0.5, 0.6) is 0 Å². The molecule has 1 heterocycles. The summed E-state index contributed by atoms with van der Waals surface area (Å²) >= 11 is 5.75. The van der Waals surface area contributed by atoms with Gasteiger partial charge < -0.3 is 20.6 Å². The highest BCUT2D eigenvalue weighted by atomic mass is 35.5. The molecule has 0 unspecified atom stereocenters. The van der Waals surface area contributed by atoms with E-state index in [1.54, 1.807) is 4.90 Å². The minimum Gasteiger partial charge on any atom is -0.392 e. The number of carbonyl (C=O) groups is 2. The van der Waals surface area contributed by atoms with Gasteiger partial charge in [0.1, 0.15) is 11.9 Å². The molecule has 3 aromatic rings. The summed E-state index contributed by atoms with van der Waals surface area (Å²) in [7, 11) is 0. The van der Waals surface area contributed by atoms with Gasteiger partial charge in [-0.2, -0.15) is 0 Å². The number of halogens is 2. The van der Waals surface area contributed by atoms with E-state index in [0.29, 0.717) is 13.0 Å². The molecule has 3 N–H and O–H groups in total. The number of aliphatic hydroxyl groups is 1. The molecule has 1 aliphatic heterocycles. The van der Waals surface area contributed by atoms with Gasteiger partial charge in [-0.3, -0.25) is 4.79 Å². The van der Waals surface area contributed by atoms with Crippen molar-refractivity contribution >= 4 is 34.9 Å². The summed E-state index contributed by atoms with van der Waals surface area (Å²) in [6.45, 7) is 4.51. The highest BCUT2D eigenvalue weighted by molar-refractivity contribution is 6.30. The van der Waals surface area contributed by atoms with Crippen molar-refractivity contribution in [1.82, 2.24) is 5.32 Å². The number of aliphatic hydroxyl groups excluding tert-OH is 1. The zero-order chi connectivity index (χ0) is 25.1. The number of benzene rings is 3. The molecule has 0 radical (unpaired) electrons. The van der Waals surface area contributed by atoms with E-state index < -0.39 is 17.9 Å². The van der Waals surface area contributed by atoms with Crippen molar-refractivity contribution in [2.75, 3.05) is 16.8 Å². The third-order valence-electron chi connectivity index (χ3n) is 6.13. The maximum Gasteiger partial charge on any atom is 0.319 e. The molecule has 1 aliphatic rings. The van der Waals surface area contributed by atoms with Gasteiger partial charge in [0.2, 0.25) is 5.91 Å². The van der Waals surface area contributed by atoms with Gasteiger partial charge in [0.25, 0.3) is 0 Å². The van der Waals surface area contributed by atoms with Crippen molar-refractivity contribution in [3.63, 3.8) is 0 Å². The maximum atomic E-state index is 14.0. The Morgan fingerprint density at radius 3 is 2.66 bits per heavy atom. The Kier molecular flexibility index (Phi) is 7.38. The van der Waals surface area contributed by atoms with Gasteiger partial charge in [0.05, 0.1) is 12.3 Å². The van der Waals surface area contributed by atoms with Crippen molar-refractivity contribution < 1.29 is 19.1 Å². The molecule has 0 saturated carbocycles. The Labute approximate surface area is 208 Å². The molecule has 1 saturated heterocycles. The van der Waals surface area contributed by atoms with E-state index in [1.165, 1.54) is 12.1 Å². The number of hydrogen-bond acceptors (Lipinski definition) is 3. The molecule has 3 amide bonds. The largest absolute Gasteiger partial charge is 0.392 e. The SMILES string of the molecule is CC(C)c1cc(-c2ccccc2CO)ccc1N1CC[C@@H](NC(=O)Nc2ccc(Cl)cc2F)C1=O. The number of nitrogens with one attached hydrogen (secondary N) is 2. The molecule has 3 aromatic carbocycles. The van der Waals surface area contributed by atoms with Crippen LogP contribution in [-0.4, -0.2) is 29.6 Å². The lowest BCUT2D eigenvalue weighted by Gasteiger charge is -2.23. The van der Waals surface area contributed by atoms with Gasteiger partial charge in [-0.15, -0.1) is 0 Å². The second-order valence-corrected chi connectivity index (χ2v) is 9.23. The van der Waals surface area contributed by atoms with Crippen LogP contribution in [0.3, 0.4) is 0 Å². The van der Waals surface area contributed by atoms with Crippen LogP contribution >= 0.6 is 11.6 Å². The first-order chi connectivity index (χ1) is 16.8. The zero-order valence-corrected chi connectivity index (χ0v) is 20.3. The monoisotopic (exact) mass is 495 g/mol. The topological polar surface area (TPSA) is 81.7 Å². The molecule has 0 bridgehead atoms. The van der Waals surface area contributed by atoms with E-state index in [4.69, 9.17) is 11.6 Å². The minimum absolute atomic E-state index is 0.0185. The number of hydrogen-bond donors (Lipinski definition) is 3. The fourth-order valence-corrected chi connectivity index (χ4v) is 4.49. The normalized spacial score (nSPS) is 15.5. The van der Waals surface area contributed by atoms with E-state index in [0.717, 1.165) is 34.0 Å². The maximum absolute atomic E-state index is 14.0. The highest BCUT2D eigenvalue weighted by Gasteiger charge is 2.35. The van der Waals surface area contributed by atoms with Gasteiger partial charge >= 0.3 is 6.03 Å². The molecular weight excluding hydrogens is 469 g/mol. The van der Waals surface area contributed by atoms with Crippen molar-refractivity contribution in [3.05, 3.63) is 82.6 Å². The lowest BCUT2D eigenvalue weighted by molar-refractivity contribution is -0.118. The summed E-state index contributed by atoms with van der Waals surface area (Å²) in [5, 5.41) is 15.0. The van der Waals surface area contributed by atoms with Crippen molar-refractivity contribution in [2.45, 2.75) is 38.8 Å². The van der Waals surface area contributed by atoms with Crippen LogP contribution in [0.1, 0.15) is 37.3 Å². The average molecular weight is 496 g/mol. The Morgan fingerprint density at radius 1 is 1.17 bits per heavy atom. The molecule has 1 fully saturated rings. The van der Waals surface area contributed by atoms with E-state index in [2.05, 4.69) is 30.5 Å². The fraction of sp³-hybridized carbons (Fsp3) is 0.259. The molecule has 182 valence electrons. The number of rotatable bonds is 6. The number of amides is 3. The third-order valence-corrected chi connectivity index (χ3v) is 6.36. The quantitative estimate of drug-likeness (QED) is 0.411. The van der Waals surface area contributed by atoms with Gasteiger partial charge in [-0.1, -0.05) is 55.8 Å². The Balaban J connectivity index is 1.52. The van der Waals surface area contributed by atoms with Gasteiger partial charge in [-0.25, -0.2) is 9.18 Å². The van der Waals surface area contributed by atoms with Crippen LogP contribution < -0.4 is 15.5 Å². The van der Waals surface area contributed by atoms with Crippen molar-refractivity contribution in [3.8, 4) is 11.1 Å². The van der Waals surface area contributed by atoms with E-state index >= 15 is 0 Å². The van der Waals surface area contributed by atoms with Crippen molar-refractivity contribution in [1.29, 1.82) is 0 Å². The number of urea groups is 1. The van der Waals surface area contributed by atoms with Crippen LogP contribution in [0.2, 0.25) is 5.02 Å². The molecule has 6 nitrogen and oxygen atoms in total. The van der Waals surface area contributed by atoms with Gasteiger partial charge in [0, 0.05) is 17.3 Å². The minimum atomic E-state index is -0.722. The lowest BCUT2D eigenvalue weighted by atomic mass is 9.93. The average Bonchev–Trinajstić information content (AvgIpc) is 3.20. The summed E-state index contributed by atoms with van der Waals surface area (Å²) in [5.74, 6) is -0.735. The summed E-state index contributed by atoms with van der Waals surface area (Å²) in [6, 6.07) is 16.2. The Hall–Kier alpha value is -3.42. The molecule has 1 atom stereocenters. The summed E-state index contributed by atoms with van der Waals surface area (Å²) < 4.78 is 14.0. The highest BCUT2D eigenvalue weighted by Crippen LogP contribution is 2.35. The summed E-state index contributed by atoms with van der Waals surface area (Å²) in [5.41, 5.74) is 4.52. The second-order valence-electron chi connectivity index (χ2n) is 8.80. The third kappa shape index (κ3) is 5.31. The van der Waals surface area contributed by atoms with Crippen LogP contribution in [0, 0.1) is 5.82 Å². The van der Waals surface area contributed by atoms with Crippen molar-refractivity contribution in [2.24, 2.45) is 0 Å². The number of carbonyl (C=O) groups excluding carboxylic acids is 2. The fourth-order valence-electron chi connectivity index (χ4n) is 4.33. The first kappa shape index (κ1) is 24.7. The molecule has 0 spiro atoms. The predicted molar refractivity (Wildman–Crippen MR) is 136 cm³/mol. The van der Waals surface area contributed by atoms with Crippen LogP contribution in [-0.2, 0) is 11.4 Å². The molecule has 4 rings (SSSR count). The molecule has 0 aliphatic carbocycles. The molecular formula is C27H27ClFN3O3. The molecule has 8 heteroatoms. The Morgan fingerprint density at radius 2 is 1.94 bits per heavy atom. The zero-order valence-electron chi connectivity index (χ0n) is 19.5. The summed E-state index contributed by atoms with van der Waals surface area (Å²) in [6.07, 6.45) is 0.433. The van der Waals surface area contributed by atoms with Gasteiger partial charge in [-0.05, 0) is 64.9 Å². The van der Waals surface area contributed by atoms with Gasteiger partial charge in [0.15, 0.2) is 0 Å². The molecule has 0 aromatic heterocycles. The standard InChI is InChI=1S/C27H27ClFN3O3/c1-16(2)21-13-17(20-6-4-3-5-18(20)15-33)7-10-25(21)32-12-11-24(26(32)34)31-27(35)30-23-9-8-19(28)14-22(23)29/h3-10,13-14,16,24,33H,11-12,15H2,1-2H3,(H2,30,31,35)/t24-/m1/s1. The number of nitrogens with zero attached hydrogens (tertiary/aromatic N) is 1. The van der Waals surface area contributed by atoms with E-state index in [-0.39, 0.29) is 29.1 Å². The second kappa shape index (κ2) is 10.5. The van der Waals surface area contributed by atoms with E-state index in [9.17, 15) is 19.1 Å². The van der Waals surface area contributed by atoms with Crippen LogP contribution in [0.4, 0.5) is 20.6 Å². The number of anilines is 2. The predicted octanol–water partition coefficient (Wildman–Crippen LogP) is 5.69. The first-order valence-corrected chi connectivity index (χ1v) is 11.8. The smallest absolute Gasteiger partial charge is 0.319 e. The molecule has 35 heavy (non-hydrogen) atoms. The lowest BCUT2D eigenvalue weighted by Crippen LogP contribution is -2.43. The summed E-state index contributed by atoms with van der Waals surface area (Å²) in [4.78, 5) is 27.3. The van der Waals surface area contributed by atoms with E-state index in [1.807, 2.05) is 36.4 Å². The van der Waals surface area contributed by atoms with Crippen LogP contribution in [0.15, 0.2) is 60.7 Å². The van der Waals surface area contributed by atoms with Crippen LogP contribution in [0.25, 0.3) is 11.1 Å². The Bertz CT molecular complexity index is 1260.